The van der Waals surface area contributed by atoms with Gasteiger partial charge in [0.15, 0.2) is 5.78 Å². The van der Waals surface area contributed by atoms with E-state index in [1.165, 1.54) is 5.56 Å². The second kappa shape index (κ2) is 6.46. The highest BCUT2D eigenvalue weighted by atomic mass is 35.5. The van der Waals surface area contributed by atoms with Crippen LogP contribution in [-0.4, -0.2) is 17.7 Å². The van der Waals surface area contributed by atoms with Crippen LogP contribution in [0.3, 0.4) is 0 Å². The fourth-order valence-electron chi connectivity index (χ4n) is 1.52. The molecule has 3 heteroatoms. The van der Waals surface area contributed by atoms with Crippen LogP contribution in [0.25, 0.3) is 0 Å². The lowest BCUT2D eigenvalue weighted by atomic mass is 10.0. The van der Waals surface area contributed by atoms with Crippen LogP contribution < -0.4 is 5.73 Å². The summed E-state index contributed by atoms with van der Waals surface area (Å²) in [7, 11) is 0. The fraction of sp³-hybridized carbons (Fsp3) is 0.308. The molecule has 1 aromatic carbocycles. The van der Waals surface area contributed by atoms with Crippen molar-refractivity contribution in [3.63, 3.8) is 0 Å². The summed E-state index contributed by atoms with van der Waals surface area (Å²) in [5.74, 6) is -0.135. The second-order valence-electron chi connectivity index (χ2n) is 3.72. The van der Waals surface area contributed by atoms with Gasteiger partial charge in [0.25, 0.3) is 0 Å². The molecule has 0 aliphatic carbocycles. The van der Waals surface area contributed by atoms with E-state index in [0.717, 1.165) is 12.0 Å². The largest absolute Gasteiger partial charge is 0.321 e. The van der Waals surface area contributed by atoms with Gasteiger partial charge in [-0.05, 0) is 24.0 Å². The summed E-state index contributed by atoms with van der Waals surface area (Å²) in [5, 5.41) is 0. The van der Waals surface area contributed by atoms with Gasteiger partial charge in [-0.25, -0.2) is 0 Å². The van der Waals surface area contributed by atoms with Crippen molar-refractivity contribution in [3.8, 4) is 0 Å². The zero-order chi connectivity index (χ0) is 12.0. The third-order valence-electron chi connectivity index (χ3n) is 2.37. The van der Waals surface area contributed by atoms with Crippen LogP contribution >= 0.6 is 11.6 Å². The molecule has 0 bridgehead atoms. The van der Waals surface area contributed by atoms with Crippen molar-refractivity contribution in [2.45, 2.75) is 18.9 Å². The van der Waals surface area contributed by atoms with Crippen molar-refractivity contribution in [1.82, 2.24) is 0 Å². The van der Waals surface area contributed by atoms with Gasteiger partial charge in [-0.15, -0.1) is 18.2 Å². The molecule has 0 fully saturated rings. The predicted molar refractivity (Wildman–Crippen MR) is 67.7 cm³/mol. The molecule has 0 saturated heterocycles. The van der Waals surface area contributed by atoms with Crippen LogP contribution in [0, 0.1) is 0 Å². The Kier molecular flexibility index (Phi) is 5.23. The molecular weight excluding hydrogens is 222 g/mol. The SMILES string of the molecule is C=CCc1cccc(C[C@H](N)C(=O)CCl)c1. The lowest BCUT2D eigenvalue weighted by Crippen LogP contribution is -2.33. The first-order chi connectivity index (χ1) is 7.67. The average molecular weight is 238 g/mol. The van der Waals surface area contributed by atoms with Crippen LogP contribution in [0.2, 0.25) is 0 Å². The zero-order valence-electron chi connectivity index (χ0n) is 9.16. The summed E-state index contributed by atoms with van der Waals surface area (Å²) in [4.78, 5) is 11.3. The van der Waals surface area contributed by atoms with Gasteiger partial charge in [0, 0.05) is 0 Å². The monoisotopic (exact) mass is 237 g/mol. The molecule has 0 heterocycles. The van der Waals surface area contributed by atoms with Crippen molar-refractivity contribution in [3.05, 3.63) is 48.0 Å². The first kappa shape index (κ1) is 12.9. The maximum Gasteiger partial charge on any atom is 0.164 e. The third kappa shape index (κ3) is 3.80. The van der Waals surface area contributed by atoms with Crippen LogP contribution in [0.5, 0.6) is 0 Å². The van der Waals surface area contributed by atoms with Crippen LogP contribution in [0.4, 0.5) is 0 Å². The highest BCUT2D eigenvalue weighted by Crippen LogP contribution is 2.09. The molecule has 1 atom stereocenters. The van der Waals surface area contributed by atoms with E-state index in [0.29, 0.717) is 6.42 Å². The molecule has 0 spiro atoms. The number of allylic oxidation sites excluding steroid dienone is 1. The molecule has 0 aliphatic rings. The number of alkyl halides is 1. The smallest absolute Gasteiger partial charge is 0.164 e. The maximum absolute atomic E-state index is 11.3. The minimum atomic E-state index is -0.503. The number of hydrogen-bond acceptors (Lipinski definition) is 2. The number of benzene rings is 1. The molecule has 86 valence electrons. The van der Waals surface area contributed by atoms with E-state index in [4.69, 9.17) is 17.3 Å². The second-order valence-corrected chi connectivity index (χ2v) is 3.99. The molecule has 0 saturated carbocycles. The van der Waals surface area contributed by atoms with Crippen molar-refractivity contribution in [2.24, 2.45) is 5.73 Å². The first-order valence-corrected chi connectivity index (χ1v) is 5.73. The van der Waals surface area contributed by atoms with Gasteiger partial charge in [0.05, 0.1) is 11.9 Å². The average Bonchev–Trinajstić information content (AvgIpc) is 2.29. The lowest BCUT2D eigenvalue weighted by molar-refractivity contribution is -0.117. The van der Waals surface area contributed by atoms with Crippen LogP contribution in [-0.2, 0) is 17.6 Å². The van der Waals surface area contributed by atoms with Gasteiger partial charge >= 0.3 is 0 Å². The summed E-state index contributed by atoms with van der Waals surface area (Å²) >= 11 is 5.45. The van der Waals surface area contributed by atoms with Crippen LogP contribution in [0.15, 0.2) is 36.9 Å². The van der Waals surface area contributed by atoms with E-state index in [2.05, 4.69) is 6.58 Å². The van der Waals surface area contributed by atoms with Gasteiger partial charge < -0.3 is 5.73 Å². The van der Waals surface area contributed by atoms with Gasteiger partial charge in [-0.1, -0.05) is 30.3 Å². The quantitative estimate of drug-likeness (QED) is 0.608. The van der Waals surface area contributed by atoms with Crippen molar-refractivity contribution in [1.29, 1.82) is 0 Å². The summed E-state index contributed by atoms with van der Waals surface area (Å²) in [6.07, 6.45) is 3.21. The Balaban J connectivity index is 2.69. The third-order valence-corrected chi connectivity index (χ3v) is 2.64. The van der Waals surface area contributed by atoms with Crippen LogP contribution in [0.1, 0.15) is 11.1 Å². The molecule has 1 rings (SSSR count). The number of carbonyl (C=O) groups is 1. The Bertz CT molecular complexity index is 376. The number of halogens is 1. The summed E-state index contributed by atoms with van der Waals surface area (Å²) in [5.41, 5.74) is 7.97. The van der Waals surface area contributed by atoms with Crippen molar-refractivity contribution in [2.75, 3.05) is 5.88 Å². The van der Waals surface area contributed by atoms with E-state index >= 15 is 0 Å². The minimum Gasteiger partial charge on any atom is -0.321 e. The summed E-state index contributed by atoms with van der Waals surface area (Å²) in [6.45, 7) is 3.69. The number of ketones is 1. The number of hydrogen-bond donors (Lipinski definition) is 1. The Morgan fingerprint density at radius 3 is 2.81 bits per heavy atom. The first-order valence-electron chi connectivity index (χ1n) is 5.20. The van der Waals surface area contributed by atoms with Gasteiger partial charge in [-0.2, -0.15) is 0 Å². The topological polar surface area (TPSA) is 43.1 Å². The highest BCUT2D eigenvalue weighted by Gasteiger charge is 2.12. The Morgan fingerprint density at radius 2 is 2.19 bits per heavy atom. The van der Waals surface area contributed by atoms with Gasteiger partial charge in [0.1, 0.15) is 0 Å². The molecule has 1 aromatic rings. The molecular formula is C13H16ClNO. The maximum atomic E-state index is 11.3. The molecule has 2 N–H and O–H groups in total. The normalized spacial score (nSPS) is 12.1. The van der Waals surface area contributed by atoms with Crippen molar-refractivity contribution >= 4 is 17.4 Å². The highest BCUT2D eigenvalue weighted by molar-refractivity contribution is 6.28. The van der Waals surface area contributed by atoms with E-state index in [9.17, 15) is 4.79 Å². The number of Topliss-reactive ketones (excluding diaryl/α,β-unsaturated/α-hetero) is 1. The van der Waals surface area contributed by atoms with Gasteiger partial charge in [-0.3, -0.25) is 4.79 Å². The molecule has 0 radical (unpaired) electrons. The number of carbonyl (C=O) groups excluding carboxylic acids is 1. The Hall–Kier alpha value is -1.12. The standard InChI is InChI=1S/C13H16ClNO/c1-2-4-10-5-3-6-11(7-10)8-12(15)13(16)9-14/h2-3,5-7,12H,1,4,8-9,15H2/t12-/m0/s1. The molecule has 0 aromatic heterocycles. The fourth-order valence-corrected chi connectivity index (χ4v) is 1.72. The van der Waals surface area contributed by atoms with Gasteiger partial charge in [0.2, 0.25) is 0 Å². The van der Waals surface area contributed by atoms with E-state index in [1.807, 2.05) is 30.3 Å². The molecule has 16 heavy (non-hydrogen) atoms. The molecule has 0 amide bonds. The minimum absolute atomic E-state index is 0.0203. The molecule has 2 nitrogen and oxygen atoms in total. The predicted octanol–water partition coefficient (Wildman–Crippen LogP) is 2.09. The summed E-state index contributed by atoms with van der Waals surface area (Å²) in [6, 6.07) is 7.50. The van der Waals surface area contributed by atoms with Crippen molar-refractivity contribution < 1.29 is 4.79 Å². The Morgan fingerprint density at radius 1 is 1.50 bits per heavy atom. The lowest BCUT2D eigenvalue weighted by Gasteiger charge is -2.09. The van der Waals surface area contributed by atoms with E-state index in [1.54, 1.807) is 0 Å². The number of rotatable bonds is 6. The van der Waals surface area contributed by atoms with E-state index < -0.39 is 6.04 Å². The Labute approximate surface area is 101 Å². The summed E-state index contributed by atoms with van der Waals surface area (Å²) < 4.78 is 0. The molecule has 0 unspecified atom stereocenters. The molecule has 0 aliphatic heterocycles. The van der Waals surface area contributed by atoms with E-state index in [-0.39, 0.29) is 11.7 Å². The number of nitrogens with two attached hydrogens (primary N) is 1. The zero-order valence-corrected chi connectivity index (χ0v) is 9.91.